The molecule has 0 N–H and O–H groups in total. The number of azo groups is 2. The first-order valence-electron chi connectivity index (χ1n) is 10.7. The van der Waals surface area contributed by atoms with Gasteiger partial charge in [0.15, 0.2) is 6.54 Å². The second kappa shape index (κ2) is 13.2. The van der Waals surface area contributed by atoms with Gasteiger partial charge in [0.25, 0.3) is 0 Å². The first-order chi connectivity index (χ1) is 13.1. The predicted molar refractivity (Wildman–Crippen MR) is 119 cm³/mol. The Bertz CT molecular complexity index is 529. The molecule has 1 aromatic heterocycles. The van der Waals surface area contributed by atoms with Crippen molar-refractivity contribution in [1.29, 1.82) is 0 Å². The van der Waals surface area contributed by atoms with Gasteiger partial charge >= 0.3 is 6.00 Å². The van der Waals surface area contributed by atoms with Crippen molar-refractivity contribution in [1.82, 2.24) is 4.57 Å². The maximum Gasteiger partial charge on any atom is 0.416 e. The van der Waals surface area contributed by atoms with Gasteiger partial charge in [0.05, 0.1) is 0 Å². The maximum absolute atomic E-state index is 6.46. The summed E-state index contributed by atoms with van der Waals surface area (Å²) in [6.07, 6.45) is 18.8. The molecule has 0 saturated carbocycles. The van der Waals surface area contributed by atoms with Crippen LogP contribution >= 0.6 is 33.2 Å². The van der Waals surface area contributed by atoms with Crippen LogP contribution in [0.2, 0.25) is 0 Å². The lowest BCUT2D eigenvalue weighted by molar-refractivity contribution is -0.612. The minimum absolute atomic E-state index is 0.0364. The Morgan fingerprint density at radius 3 is 2.19 bits per heavy atom. The Kier molecular flexibility index (Phi) is 11.4. The van der Waals surface area contributed by atoms with Gasteiger partial charge in [0.2, 0.25) is 5.67 Å². The standard InChI is InChI=1S/C20H35Cl3N3Si/c21-27(22,23)20-14-8-4-2-1-3-6-11-19-26(20)24-15-9-5-7-10-16-25-17-12-13-18-25/h12-13,17-18,20H,1-11,14-16,19H2/q+1. The van der Waals surface area contributed by atoms with Crippen LogP contribution in [0.5, 0.6) is 0 Å². The van der Waals surface area contributed by atoms with Gasteiger partial charge in [0.1, 0.15) is 6.54 Å². The van der Waals surface area contributed by atoms with Crippen LogP contribution in [0, 0.1) is 0 Å². The molecule has 1 atom stereocenters. The van der Waals surface area contributed by atoms with Crippen molar-refractivity contribution < 1.29 is 4.70 Å². The molecule has 1 saturated heterocycles. The van der Waals surface area contributed by atoms with Gasteiger partial charge in [-0.3, -0.25) is 0 Å². The van der Waals surface area contributed by atoms with E-state index in [1.54, 1.807) is 0 Å². The number of nitrogens with zero attached hydrogens (tertiary/aromatic N) is 3. The highest BCUT2D eigenvalue weighted by molar-refractivity contribution is 7.65. The fourth-order valence-corrected chi connectivity index (χ4v) is 6.86. The molecule has 0 bridgehead atoms. The van der Waals surface area contributed by atoms with E-state index < -0.39 is 6.00 Å². The molecule has 0 aromatic carbocycles. The van der Waals surface area contributed by atoms with E-state index in [0.717, 1.165) is 45.3 Å². The molecule has 1 unspecified atom stereocenters. The van der Waals surface area contributed by atoms with Gasteiger partial charge in [-0.25, -0.2) is 0 Å². The number of aromatic nitrogens is 1. The highest BCUT2D eigenvalue weighted by atomic mass is 35.8. The number of hydrogen-bond donors (Lipinski definition) is 0. The molecule has 1 aliphatic rings. The van der Waals surface area contributed by atoms with Crippen LogP contribution in [0.1, 0.15) is 77.0 Å². The number of halogens is 3. The van der Waals surface area contributed by atoms with Crippen molar-refractivity contribution in [2.75, 3.05) is 13.1 Å². The molecule has 0 amide bonds. The smallest absolute Gasteiger partial charge is 0.354 e. The molecule has 0 aliphatic carbocycles. The number of hydrogen-bond acceptors (Lipinski definition) is 1. The van der Waals surface area contributed by atoms with Crippen LogP contribution in [-0.2, 0) is 6.54 Å². The third kappa shape index (κ3) is 9.82. The Balaban J connectivity index is 1.79. The summed E-state index contributed by atoms with van der Waals surface area (Å²) < 4.78 is 4.42. The van der Waals surface area contributed by atoms with Crippen LogP contribution in [0.15, 0.2) is 29.6 Å². The summed E-state index contributed by atoms with van der Waals surface area (Å²) in [6.45, 7) is 2.91. The van der Waals surface area contributed by atoms with Crippen molar-refractivity contribution >= 4 is 39.2 Å². The number of rotatable bonds is 8. The van der Waals surface area contributed by atoms with E-state index in [1.807, 2.05) is 0 Å². The van der Waals surface area contributed by atoms with Crippen LogP contribution in [0.4, 0.5) is 0 Å². The van der Waals surface area contributed by atoms with E-state index in [0.29, 0.717) is 0 Å². The van der Waals surface area contributed by atoms with Crippen molar-refractivity contribution in [3.05, 3.63) is 24.5 Å². The largest absolute Gasteiger partial charge is 0.416 e. The highest BCUT2D eigenvalue weighted by Crippen LogP contribution is 2.31. The van der Waals surface area contributed by atoms with Gasteiger partial charge in [-0.1, -0.05) is 38.5 Å². The molecular formula is C20H35Cl3N3Si+. The monoisotopic (exact) mass is 450 g/mol. The van der Waals surface area contributed by atoms with Crippen LogP contribution in [-0.4, -0.2) is 34.0 Å². The zero-order valence-corrected chi connectivity index (χ0v) is 19.7. The van der Waals surface area contributed by atoms with Crippen LogP contribution < -0.4 is 0 Å². The summed E-state index contributed by atoms with van der Waals surface area (Å²) in [6, 6.07) is 1.37. The lowest BCUT2D eigenvalue weighted by Crippen LogP contribution is -2.42. The van der Waals surface area contributed by atoms with Gasteiger partial charge in [0, 0.05) is 31.8 Å². The first kappa shape index (κ1) is 23.2. The van der Waals surface area contributed by atoms with Gasteiger partial charge < -0.3 is 4.57 Å². The number of aryl methyl sites for hydroxylation is 1. The van der Waals surface area contributed by atoms with E-state index >= 15 is 0 Å². The molecule has 3 nitrogen and oxygen atoms in total. The number of unbranched alkanes of at least 4 members (excludes halogenated alkanes) is 3. The molecule has 27 heavy (non-hydrogen) atoms. The minimum atomic E-state index is -2.80. The lowest BCUT2D eigenvalue weighted by atomic mass is 10.1. The Morgan fingerprint density at radius 1 is 0.852 bits per heavy atom. The topological polar surface area (TPSA) is 20.3 Å². The van der Waals surface area contributed by atoms with Gasteiger partial charge in [-0.2, -0.15) is 0 Å². The average Bonchev–Trinajstić information content (AvgIpc) is 3.11. The second-order valence-electron chi connectivity index (χ2n) is 7.68. The molecule has 154 valence electrons. The zero-order chi connectivity index (χ0) is 19.4. The van der Waals surface area contributed by atoms with Crippen LogP contribution in [0.25, 0.3) is 0 Å². The normalized spacial score (nSPS) is 21.9. The second-order valence-corrected chi connectivity index (χ2v) is 16.5. The van der Waals surface area contributed by atoms with Gasteiger partial charge in [-0.15, -0.1) is 37.9 Å². The molecule has 0 spiro atoms. The molecule has 2 rings (SSSR count). The zero-order valence-electron chi connectivity index (χ0n) is 16.5. The summed E-state index contributed by atoms with van der Waals surface area (Å²) in [4.78, 5) is 0. The Labute approximate surface area is 180 Å². The van der Waals surface area contributed by atoms with E-state index in [1.165, 1.54) is 51.4 Å². The van der Waals surface area contributed by atoms with Gasteiger partial charge in [-0.05, 0) is 42.9 Å². The molecule has 2 heterocycles. The molecule has 1 aliphatic heterocycles. The SMILES string of the molecule is Cl[Si](Cl)(Cl)C1CCCCCCCCC[N+]1=NCCCCCCn1cccc1. The van der Waals surface area contributed by atoms with E-state index in [4.69, 9.17) is 38.4 Å². The van der Waals surface area contributed by atoms with E-state index in [-0.39, 0.29) is 5.67 Å². The van der Waals surface area contributed by atoms with Crippen molar-refractivity contribution in [3.63, 3.8) is 0 Å². The molecular weight excluding hydrogens is 417 g/mol. The van der Waals surface area contributed by atoms with Crippen LogP contribution in [0.3, 0.4) is 0 Å². The first-order valence-corrected chi connectivity index (χ1v) is 15.8. The van der Waals surface area contributed by atoms with E-state index in [2.05, 4.69) is 33.8 Å². The quantitative estimate of drug-likeness (QED) is 0.172. The third-order valence-corrected chi connectivity index (χ3v) is 8.98. The van der Waals surface area contributed by atoms with Crippen molar-refractivity contribution in [2.24, 2.45) is 5.11 Å². The Hall–Kier alpha value is -0.0331. The average molecular weight is 452 g/mol. The van der Waals surface area contributed by atoms with Crippen molar-refractivity contribution in [2.45, 2.75) is 89.3 Å². The summed E-state index contributed by atoms with van der Waals surface area (Å²) in [5.41, 5.74) is 0.0364. The molecule has 1 aromatic rings. The summed E-state index contributed by atoms with van der Waals surface area (Å²) in [7, 11) is 0. The summed E-state index contributed by atoms with van der Waals surface area (Å²) in [5.74, 6) is 0. The molecule has 1 fully saturated rings. The molecule has 0 radical (unpaired) electrons. The summed E-state index contributed by atoms with van der Waals surface area (Å²) in [5, 5.41) is 4.89. The highest BCUT2D eigenvalue weighted by Gasteiger charge is 2.46. The fraction of sp³-hybridized carbons (Fsp3) is 0.800. The lowest BCUT2D eigenvalue weighted by Gasteiger charge is -2.18. The third-order valence-electron chi connectivity index (χ3n) is 5.37. The summed E-state index contributed by atoms with van der Waals surface area (Å²) >= 11 is 19.4. The maximum atomic E-state index is 6.46. The Morgan fingerprint density at radius 2 is 1.48 bits per heavy atom. The van der Waals surface area contributed by atoms with Crippen molar-refractivity contribution in [3.8, 4) is 0 Å². The molecule has 7 heteroatoms. The fourth-order valence-electron chi connectivity index (χ4n) is 3.78. The minimum Gasteiger partial charge on any atom is -0.354 e. The van der Waals surface area contributed by atoms with E-state index in [9.17, 15) is 0 Å². The predicted octanol–water partition coefficient (Wildman–Crippen LogP) is 7.21.